The fraction of sp³-hybridized carbons (Fsp3) is 0.571. The van der Waals surface area contributed by atoms with Crippen molar-refractivity contribution in [3.05, 3.63) is 28.8 Å². The van der Waals surface area contributed by atoms with E-state index in [0.717, 1.165) is 28.2 Å². The van der Waals surface area contributed by atoms with E-state index in [1.807, 2.05) is 26.0 Å². The third-order valence-electron chi connectivity index (χ3n) is 2.73. The minimum atomic E-state index is -0.396. The van der Waals surface area contributed by atoms with Crippen LogP contribution in [0.3, 0.4) is 0 Å². The van der Waals surface area contributed by atoms with E-state index in [4.69, 9.17) is 4.74 Å². The number of rotatable bonds is 5. The lowest BCUT2D eigenvalue weighted by atomic mass is 10.0. The van der Waals surface area contributed by atoms with Gasteiger partial charge < -0.3 is 9.84 Å². The molecule has 0 amide bonds. The SMILES string of the molecule is COc1cc(C)c(C(O)CSC(C)C)cc1C. The lowest BCUT2D eigenvalue weighted by molar-refractivity contribution is 0.203. The molecule has 1 N–H and O–H groups in total. The van der Waals surface area contributed by atoms with Crippen LogP contribution < -0.4 is 4.74 Å². The molecule has 0 fully saturated rings. The van der Waals surface area contributed by atoms with Crippen LogP contribution in [0.25, 0.3) is 0 Å². The summed E-state index contributed by atoms with van der Waals surface area (Å²) in [6.45, 7) is 8.30. The number of methoxy groups -OCH3 is 1. The van der Waals surface area contributed by atoms with Crippen LogP contribution in [-0.2, 0) is 0 Å². The Kier molecular flexibility index (Phi) is 5.34. The summed E-state index contributed by atoms with van der Waals surface area (Å²) in [5.41, 5.74) is 3.17. The van der Waals surface area contributed by atoms with Crippen molar-refractivity contribution in [2.24, 2.45) is 0 Å². The quantitative estimate of drug-likeness (QED) is 0.872. The molecular formula is C14H22O2S. The summed E-state index contributed by atoms with van der Waals surface area (Å²) < 4.78 is 5.27. The van der Waals surface area contributed by atoms with Gasteiger partial charge in [0.1, 0.15) is 5.75 Å². The average Bonchev–Trinajstić information content (AvgIpc) is 2.28. The number of ether oxygens (including phenoxy) is 1. The first-order chi connectivity index (χ1) is 7.95. The van der Waals surface area contributed by atoms with Crippen LogP contribution in [0.4, 0.5) is 0 Å². The van der Waals surface area contributed by atoms with Crippen LogP contribution in [0, 0.1) is 13.8 Å². The maximum Gasteiger partial charge on any atom is 0.122 e. The van der Waals surface area contributed by atoms with E-state index in [1.54, 1.807) is 18.9 Å². The molecule has 1 aromatic rings. The Hall–Kier alpha value is -0.670. The fourth-order valence-corrected chi connectivity index (χ4v) is 2.51. The van der Waals surface area contributed by atoms with Gasteiger partial charge in [0.15, 0.2) is 0 Å². The number of aryl methyl sites for hydroxylation is 2. The van der Waals surface area contributed by atoms with Gasteiger partial charge >= 0.3 is 0 Å². The second-order valence-corrected chi connectivity index (χ2v) is 6.19. The van der Waals surface area contributed by atoms with Crippen LogP contribution in [-0.4, -0.2) is 23.2 Å². The third kappa shape index (κ3) is 3.93. The van der Waals surface area contributed by atoms with Crippen molar-refractivity contribution in [2.45, 2.75) is 39.0 Å². The maximum absolute atomic E-state index is 10.2. The summed E-state index contributed by atoms with van der Waals surface area (Å²) in [5, 5.41) is 10.7. The highest BCUT2D eigenvalue weighted by molar-refractivity contribution is 7.99. The predicted octanol–water partition coefficient (Wildman–Crippen LogP) is 3.49. The first-order valence-electron chi connectivity index (χ1n) is 5.90. The first-order valence-corrected chi connectivity index (χ1v) is 6.95. The maximum atomic E-state index is 10.2. The molecular weight excluding hydrogens is 232 g/mol. The van der Waals surface area contributed by atoms with Crippen molar-refractivity contribution in [1.29, 1.82) is 0 Å². The Bertz CT molecular complexity index is 375. The summed E-state index contributed by atoms with van der Waals surface area (Å²) in [7, 11) is 1.67. The molecule has 0 radical (unpaired) electrons. The van der Waals surface area contributed by atoms with Gasteiger partial charge in [-0.3, -0.25) is 0 Å². The van der Waals surface area contributed by atoms with E-state index in [0.29, 0.717) is 5.25 Å². The second kappa shape index (κ2) is 6.31. The van der Waals surface area contributed by atoms with Gasteiger partial charge in [0.2, 0.25) is 0 Å². The topological polar surface area (TPSA) is 29.5 Å². The smallest absolute Gasteiger partial charge is 0.122 e. The van der Waals surface area contributed by atoms with Gasteiger partial charge in [0.25, 0.3) is 0 Å². The van der Waals surface area contributed by atoms with Gasteiger partial charge in [-0.25, -0.2) is 0 Å². The lowest BCUT2D eigenvalue weighted by Gasteiger charge is -2.17. The second-order valence-electron chi connectivity index (χ2n) is 4.58. The fourth-order valence-electron chi connectivity index (χ4n) is 1.76. The normalized spacial score (nSPS) is 12.9. The van der Waals surface area contributed by atoms with Gasteiger partial charge in [-0.1, -0.05) is 13.8 Å². The molecule has 1 unspecified atom stereocenters. The van der Waals surface area contributed by atoms with Gasteiger partial charge in [-0.2, -0.15) is 11.8 Å². The van der Waals surface area contributed by atoms with Crippen molar-refractivity contribution >= 4 is 11.8 Å². The average molecular weight is 254 g/mol. The highest BCUT2D eigenvalue weighted by Gasteiger charge is 2.13. The minimum Gasteiger partial charge on any atom is -0.496 e. The molecule has 0 saturated heterocycles. The highest BCUT2D eigenvalue weighted by Crippen LogP contribution is 2.29. The van der Waals surface area contributed by atoms with Gasteiger partial charge in [-0.05, 0) is 47.9 Å². The van der Waals surface area contributed by atoms with E-state index < -0.39 is 6.10 Å². The van der Waals surface area contributed by atoms with Crippen molar-refractivity contribution in [3.63, 3.8) is 0 Å². The Morgan fingerprint density at radius 2 is 1.88 bits per heavy atom. The monoisotopic (exact) mass is 254 g/mol. The summed E-state index contributed by atoms with van der Waals surface area (Å²) in [4.78, 5) is 0. The van der Waals surface area contributed by atoms with Crippen LogP contribution >= 0.6 is 11.8 Å². The van der Waals surface area contributed by atoms with Crippen molar-refractivity contribution < 1.29 is 9.84 Å². The Labute approximate surface area is 108 Å². The Morgan fingerprint density at radius 1 is 1.24 bits per heavy atom. The number of thioether (sulfide) groups is 1. The summed E-state index contributed by atoms with van der Waals surface area (Å²) in [5.74, 6) is 1.62. The number of benzene rings is 1. The molecule has 1 rings (SSSR count). The van der Waals surface area contributed by atoms with Crippen molar-refractivity contribution in [1.82, 2.24) is 0 Å². The van der Waals surface area contributed by atoms with Gasteiger partial charge in [0, 0.05) is 5.75 Å². The molecule has 96 valence electrons. The predicted molar refractivity (Wildman–Crippen MR) is 75.0 cm³/mol. The van der Waals surface area contributed by atoms with Crippen molar-refractivity contribution in [2.75, 3.05) is 12.9 Å². The number of aliphatic hydroxyl groups excluding tert-OH is 1. The zero-order chi connectivity index (χ0) is 13.0. The van der Waals surface area contributed by atoms with Crippen LogP contribution in [0.2, 0.25) is 0 Å². The zero-order valence-corrected chi connectivity index (χ0v) is 12.1. The Morgan fingerprint density at radius 3 is 2.41 bits per heavy atom. The van der Waals surface area contributed by atoms with Crippen molar-refractivity contribution in [3.8, 4) is 5.75 Å². The molecule has 0 aromatic heterocycles. The van der Waals surface area contributed by atoms with Gasteiger partial charge in [0.05, 0.1) is 13.2 Å². The lowest BCUT2D eigenvalue weighted by Crippen LogP contribution is -2.06. The number of hydrogen-bond donors (Lipinski definition) is 1. The summed E-state index contributed by atoms with van der Waals surface area (Å²) >= 11 is 1.78. The first kappa shape index (κ1) is 14.4. The van der Waals surface area contributed by atoms with Crippen LogP contribution in [0.1, 0.15) is 36.6 Å². The van der Waals surface area contributed by atoms with E-state index >= 15 is 0 Å². The molecule has 1 aromatic carbocycles. The molecule has 0 aliphatic carbocycles. The molecule has 0 spiro atoms. The number of hydrogen-bond acceptors (Lipinski definition) is 3. The molecule has 3 heteroatoms. The molecule has 2 nitrogen and oxygen atoms in total. The van der Waals surface area contributed by atoms with E-state index in [1.165, 1.54) is 0 Å². The van der Waals surface area contributed by atoms with E-state index in [9.17, 15) is 5.11 Å². The molecule has 0 aliphatic heterocycles. The molecule has 1 atom stereocenters. The van der Waals surface area contributed by atoms with E-state index in [2.05, 4.69) is 13.8 Å². The van der Waals surface area contributed by atoms with Gasteiger partial charge in [-0.15, -0.1) is 0 Å². The number of aliphatic hydroxyl groups is 1. The zero-order valence-electron chi connectivity index (χ0n) is 11.3. The minimum absolute atomic E-state index is 0.396. The van der Waals surface area contributed by atoms with E-state index in [-0.39, 0.29) is 0 Å². The highest BCUT2D eigenvalue weighted by atomic mass is 32.2. The largest absolute Gasteiger partial charge is 0.496 e. The summed E-state index contributed by atoms with van der Waals surface area (Å²) in [6.07, 6.45) is -0.396. The molecule has 0 heterocycles. The molecule has 0 aliphatic rings. The Balaban J connectivity index is 2.86. The van der Waals surface area contributed by atoms with Crippen LogP contribution in [0.15, 0.2) is 12.1 Å². The summed E-state index contributed by atoms with van der Waals surface area (Å²) in [6, 6.07) is 4.02. The van der Waals surface area contributed by atoms with Crippen LogP contribution in [0.5, 0.6) is 5.75 Å². The standard InChI is InChI=1S/C14H22O2S/c1-9(2)17-8-13(15)12-6-11(4)14(16-5)7-10(12)3/h6-7,9,13,15H,8H2,1-5H3. The molecule has 0 saturated carbocycles. The third-order valence-corrected chi connectivity index (χ3v) is 3.90. The molecule has 0 bridgehead atoms. The molecule has 17 heavy (non-hydrogen) atoms.